The fourth-order valence-electron chi connectivity index (χ4n) is 2.68. The van der Waals surface area contributed by atoms with Crippen molar-refractivity contribution >= 4 is 5.69 Å². The van der Waals surface area contributed by atoms with Crippen molar-refractivity contribution in [3.63, 3.8) is 0 Å². The Bertz CT molecular complexity index is 450. The summed E-state index contributed by atoms with van der Waals surface area (Å²) in [5, 5.41) is 13.2. The van der Waals surface area contributed by atoms with Crippen molar-refractivity contribution in [2.75, 3.05) is 12.4 Å². The number of benzene rings is 1. The number of ether oxygens (including phenoxy) is 1. The first-order valence-electron chi connectivity index (χ1n) is 7.24. The summed E-state index contributed by atoms with van der Waals surface area (Å²) in [7, 11) is 1.65. The van der Waals surface area contributed by atoms with Gasteiger partial charge in [-0.1, -0.05) is 33.8 Å². The smallest absolute Gasteiger partial charge is 0.125 e. The number of methoxy groups -OCH3 is 1. The topological polar surface area (TPSA) is 45.0 Å². The highest BCUT2D eigenvalue weighted by Gasteiger charge is 2.31. The van der Waals surface area contributed by atoms with Crippen LogP contribution in [0.2, 0.25) is 0 Å². The van der Waals surface area contributed by atoms with Crippen LogP contribution in [0.15, 0.2) is 24.3 Å². The second-order valence-corrected chi connectivity index (χ2v) is 6.25. The van der Waals surface area contributed by atoms with Crippen LogP contribution in [0.5, 0.6) is 5.75 Å². The zero-order chi connectivity index (χ0) is 15.2. The minimum absolute atomic E-state index is 0.464. The second-order valence-electron chi connectivity index (χ2n) is 6.25. The molecule has 0 spiro atoms. The Labute approximate surface area is 123 Å². The molecule has 0 saturated carbocycles. The van der Waals surface area contributed by atoms with Crippen LogP contribution in [0.4, 0.5) is 5.69 Å². The van der Waals surface area contributed by atoms with Gasteiger partial charge in [0.05, 0.1) is 13.2 Å². The number of nitriles is 1. The molecule has 3 heteroatoms. The van der Waals surface area contributed by atoms with E-state index in [2.05, 4.69) is 39.1 Å². The van der Waals surface area contributed by atoms with Crippen LogP contribution < -0.4 is 10.1 Å². The van der Waals surface area contributed by atoms with Crippen molar-refractivity contribution in [3.8, 4) is 11.8 Å². The number of anilines is 1. The van der Waals surface area contributed by atoms with Crippen LogP contribution >= 0.6 is 0 Å². The summed E-state index contributed by atoms with van der Waals surface area (Å²) < 4.78 is 5.24. The van der Waals surface area contributed by atoms with Gasteiger partial charge < -0.3 is 10.1 Å². The predicted molar refractivity (Wildman–Crippen MR) is 83.9 cm³/mol. The molecule has 0 radical (unpaired) electrons. The molecule has 0 amide bonds. The van der Waals surface area contributed by atoms with Gasteiger partial charge in [-0.2, -0.15) is 5.26 Å². The van der Waals surface area contributed by atoms with Gasteiger partial charge >= 0.3 is 0 Å². The molecule has 0 heterocycles. The fraction of sp³-hybridized carbons (Fsp3) is 0.588. The fourth-order valence-corrected chi connectivity index (χ4v) is 2.68. The summed E-state index contributed by atoms with van der Waals surface area (Å²) in [6.45, 7) is 8.61. The number of nitrogens with one attached hydrogen (secondary N) is 1. The van der Waals surface area contributed by atoms with E-state index in [4.69, 9.17) is 4.74 Å². The van der Waals surface area contributed by atoms with Gasteiger partial charge in [-0.05, 0) is 36.8 Å². The third-order valence-corrected chi connectivity index (χ3v) is 3.18. The van der Waals surface area contributed by atoms with Crippen molar-refractivity contribution in [2.45, 2.75) is 46.1 Å². The zero-order valence-electron chi connectivity index (χ0n) is 13.2. The maximum Gasteiger partial charge on any atom is 0.125 e. The van der Waals surface area contributed by atoms with E-state index >= 15 is 0 Å². The first-order valence-corrected chi connectivity index (χ1v) is 7.24. The highest BCUT2D eigenvalue weighted by Crippen LogP contribution is 2.30. The first-order chi connectivity index (χ1) is 9.40. The average molecular weight is 274 g/mol. The van der Waals surface area contributed by atoms with Crippen LogP contribution in [-0.4, -0.2) is 12.6 Å². The molecule has 0 aliphatic carbocycles. The zero-order valence-corrected chi connectivity index (χ0v) is 13.2. The largest absolute Gasteiger partial charge is 0.497 e. The Morgan fingerprint density at radius 1 is 1.20 bits per heavy atom. The predicted octanol–water partition coefficient (Wildman–Crippen LogP) is 4.46. The number of hydrogen-bond acceptors (Lipinski definition) is 3. The van der Waals surface area contributed by atoms with Gasteiger partial charge in [-0.15, -0.1) is 0 Å². The molecule has 110 valence electrons. The normalized spacial score (nSPS) is 11.5. The maximum absolute atomic E-state index is 9.72. The van der Waals surface area contributed by atoms with Crippen LogP contribution in [0.3, 0.4) is 0 Å². The lowest BCUT2D eigenvalue weighted by molar-refractivity contribution is 0.375. The van der Waals surface area contributed by atoms with E-state index in [9.17, 15) is 5.26 Å². The molecule has 20 heavy (non-hydrogen) atoms. The monoisotopic (exact) mass is 274 g/mol. The first kappa shape index (κ1) is 16.4. The molecule has 1 rings (SSSR count). The molecule has 0 aromatic heterocycles. The van der Waals surface area contributed by atoms with Crippen LogP contribution in [0.25, 0.3) is 0 Å². The summed E-state index contributed by atoms with van der Waals surface area (Å²) in [5.41, 5.74) is 0.418. The highest BCUT2D eigenvalue weighted by molar-refractivity contribution is 5.51. The van der Waals surface area contributed by atoms with Crippen LogP contribution in [-0.2, 0) is 0 Å². The molecule has 3 nitrogen and oxygen atoms in total. The second kappa shape index (κ2) is 7.19. The van der Waals surface area contributed by atoms with Crippen LogP contribution in [0.1, 0.15) is 40.5 Å². The van der Waals surface area contributed by atoms with E-state index in [1.54, 1.807) is 7.11 Å². The quantitative estimate of drug-likeness (QED) is 0.798. The van der Waals surface area contributed by atoms with E-state index in [0.717, 1.165) is 24.3 Å². The molecule has 1 aromatic carbocycles. The molecular weight excluding hydrogens is 248 g/mol. The number of rotatable bonds is 7. The summed E-state index contributed by atoms with van der Waals surface area (Å²) >= 11 is 0. The summed E-state index contributed by atoms with van der Waals surface area (Å²) in [6.07, 6.45) is 1.66. The van der Waals surface area contributed by atoms with Crippen molar-refractivity contribution in [1.82, 2.24) is 0 Å². The van der Waals surface area contributed by atoms with Crippen molar-refractivity contribution in [2.24, 2.45) is 11.8 Å². The Balaban J connectivity index is 3.01. The van der Waals surface area contributed by atoms with Crippen molar-refractivity contribution in [3.05, 3.63) is 24.3 Å². The lowest BCUT2D eigenvalue weighted by atomic mass is 9.82. The Morgan fingerprint density at radius 2 is 1.80 bits per heavy atom. The average Bonchev–Trinajstić information content (AvgIpc) is 2.37. The molecule has 0 atom stereocenters. The minimum atomic E-state index is -0.519. The molecule has 1 aromatic rings. The third-order valence-electron chi connectivity index (χ3n) is 3.18. The van der Waals surface area contributed by atoms with Gasteiger partial charge in [-0.3, -0.25) is 0 Å². The molecule has 1 N–H and O–H groups in total. The van der Waals surface area contributed by atoms with Gasteiger partial charge in [0.15, 0.2) is 0 Å². The molecule has 0 aliphatic heterocycles. The van der Waals surface area contributed by atoms with E-state index in [1.807, 2.05) is 24.3 Å². The Morgan fingerprint density at radius 3 is 2.25 bits per heavy atom. The lowest BCUT2D eigenvalue weighted by Crippen LogP contribution is -2.39. The van der Waals surface area contributed by atoms with Crippen molar-refractivity contribution in [1.29, 1.82) is 5.26 Å². The highest BCUT2D eigenvalue weighted by atomic mass is 16.5. The van der Waals surface area contributed by atoms with E-state index in [-0.39, 0.29) is 0 Å². The van der Waals surface area contributed by atoms with Gasteiger partial charge in [0.1, 0.15) is 11.3 Å². The van der Waals surface area contributed by atoms with E-state index in [0.29, 0.717) is 11.8 Å². The molecule has 0 unspecified atom stereocenters. The number of nitrogens with zero attached hydrogens (tertiary/aromatic N) is 1. The van der Waals surface area contributed by atoms with Gasteiger partial charge in [-0.25, -0.2) is 0 Å². The molecule has 0 saturated heterocycles. The van der Waals surface area contributed by atoms with Gasteiger partial charge in [0.2, 0.25) is 0 Å². The SMILES string of the molecule is COc1cccc(NC(C#N)(CC(C)C)CC(C)C)c1. The van der Waals surface area contributed by atoms with E-state index in [1.165, 1.54) is 0 Å². The summed E-state index contributed by atoms with van der Waals surface area (Å²) in [4.78, 5) is 0. The third kappa shape index (κ3) is 4.77. The molecule has 0 bridgehead atoms. The van der Waals surface area contributed by atoms with Gasteiger partial charge in [0.25, 0.3) is 0 Å². The van der Waals surface area contributed by atoms with Crippen molar-refractivity contribution < 1.29 is 4.74 Å². The Hall–Kier alpha value is -1.69. The summed E-state index contributed by atoms with van der Waals surface area (Å²) in [6, 6.07) is 10.3. The molecule has 0 aliphatic rings. The molecule has 0 fully saturated rings. The van der Waals surface area contributed by atoms with E-state index < -0.39 is 5.54 Å². The minimum Gasteiger partial charge on any atom is -0.497 e. The number of hydrogen-bond donors (Lipinski definition) is 1. The standard InChI is InChI=1S/C17H26N2O/c1-13(2)10-17(12-18,11-14(3)4)19-15-7-6-8-16(9-15)20-5/h6-9,13-14,19H,10-11H2,1-5H3. The maximum atomic E-state index is 9.72. The Kier molecular flexibility index (Phi) is 5.88. The van der Waals surface area contributed by atoms with Crippen LogP contribution in [0, 0.1) is 23.2 Å². The van der Waals surface area contributed by atoms with Gasteiger partial charge in [0, 0.05) is 11.8 Å². The lowest BCUT2D eigenvalue weighted by Gasteiger charge is -2.32. The summed E-state index contributed by atoms with van der Waals surface area (Å²) in [5.74, 6) is 1.73. The molecular formula is C17H26N2O.